The van der Waals surface area contributed by atoms with Crippen LogP contribution in [0.4, 0.5) is 4.39 Å². The van der Waals surface area contributed by atoms with Gasteiger partial charge in [0.15, 0.2) is 0 Å². The highest BCUT2D eigenvalue weighted by molar-refractivity contribution is 5.71. The lowest BCUT2D eigenvalue weighted by atomic mass is 9.82. The summed E-state index contributed by atoms with van der Waals surface area (Å²) in [5, 5.41) is 9.73. The summed E-state index contributed by atoms with van der Waals surface area (Å²) in [6.07, 6.45) is 7.36. The maximum atomic E-state index is 15.0. The van der Waals surface area contributed by atoms with Crippen LogP contribution in [0.3, 0.4) is 0 Å². The molecule has 7 heteroatoms. The van der Waals surface area contributed by atoms with Gasteiger partial charge in [0.2, 0.25) is 5.88 Å². The first-order chi connectivity index (χ1) is 19.3. The van der Waals surface area contributed by atoms with Crippen LogP contribution in [0, 0.1) is 17.7 Å². The summed E-state index contributed by atoms with van der Waals surface area (Å²) in [5.41, 5.74) is 5.65. The number of hydrogen-bond acceptors (Lipinski definition) is 5. The van der Waals surface area contributed by atoms with Gasteiger partial charge < -0.3 is 14.6 Å². The fourth-order valence-electron chi connectivity index (χ4n) is 6.26. The number of aliphatic carboxylic acids is 1. The molecule has 6 nitrogen and oxygen atoms in total. The third-order valence-corrected chi connectivity index (χ3v) is 8.90. The minimum absolute atomic E-state index is 0.00266. The minimum atomic E-state index is -0.750. The number of hydrogen-bond donors (Lipinski definition) is 1. The van der Waals surface area contributed by atoms with E-state index < -0.39 is 11.9 Å². The molecule has 3 atom stereocenters. The molecule has 1 N–H and O–H groups in total. The summed E-state index contributed by atoms with van der Waals surface area (Å²) in [6.45, 7) is 2.53. The predicted octanol–water partition coefficient (Wildman–Crippen LogP) is 6.77. The molecule has 40 heavy (non-hydrogen) atoms. The van der Waals surface area contributed by atoms with Gasteiger partial charge in [0.25, 0.3) is 0 Å². The molecule has 2 heterocycles. The van der Waals surface area contributed by atoms with Gasteiger partial charge in [-0.15, -0.1) is 0 Å². The number of aromatic nitrogens is 1. The van der Waals surface area contributed by atoms with Crippen molar-refractivity contribution in [2.24, 2.45) is 11.8 Å². The Morgan fingerprint density at radius 1 is 1.12 bits per heavy atom. The van der Waals surface area contributed by atoms with Crippen molar-refractivity contribution >= 4 is 5.97 Å². The second-order valence-corrected chi connectivity index (χ2v) is 11.8. The Morgan fingerprint density at radius 2 is 1.93 bits per heavy atom. The molecule has 2 aliphatic carbocycles. The molecule has 0 amide bonds. The second kappa shape index (κ2) is 10.8. The number of ether oxygens (including phenoxy) is 2. The van der Waals surface area contributed by atoms with Crippen LogP contribution in [-0.4, -0.2) is 41.2 Å². The summed E-state index contributed by atoms with van der Waals surface area (Å²) in [4.78, 5) is 18.2. The van der Waals surface area contributed by atoms with Gasteiger partial charge in [0, 0.05) is 24.2 Å². The number of carbonyl (C=O) groups is 1. The van der Waals surface area contributed by atoms with Crippen molar-refractivity contribution in [3.8, 4) is 22.8 Å². The topological polar surface area (TPSA) is 71.9 Å². The standard InChI is InChI=1S/C33H37FN2O4/c1-19(33(37)38)32(21-5-6-21)23-7-4-20-9-13-29(40-30(20)15-23)22-8-12-26(24(14-22)18-36(2)25-10-11-25)27-16-31(39-3)35-17-28(27)34/h4,7-8,12,14-17,19,21,25,29,32H,5-6,9-11,13,18H2,1-3H3,(H,37,38)/t19-,29?,32-/m0/s1. The van der Waals surface area contributed by atoms with Gasteiger partial charge in [-0.05, 0) is 91.3 Å². The molecule has 2 fully saturated rings. The molecule has 3 aliphatic rings. The third-order valence-electron chi connectivity index (χ3n) is 8.90. The first-order valence-electron chi connectivity index (χ1n) is 14.4. The van der Waals surface area contributed by atoms with Crippen LogP contribution >= 0.6 is 0 Å². The predicted molar refractivity (Wildman–Crippen MR) is 151 cm³/mol. The minimum Gasteiger partial charge on any atom is -0.485 e. The molecule has 0 spiro atoms. The van der Waals surface area contributed by atoms with Crippen molar-refractivity contribution in [1.82, 2.24) is 9.88 Å². The number of rotatable bonds is 10. The quantitative estimate of drug-likeness (QED) is 0.304. The molecule has 2 saturated carbocycles. The number of halogens is 1. The zero-order valence-corrected chi connectivity index (χ0v) is 23.4. The number of fused-ring (bicyclic) bond motifs is 1. The number of nitrogens with zero attached hydrogens (tertiary/aromatic N) is 2. The van der Waals surface area contributed by atoms with Crippen molar-refractivity contribution in [3.63, 3.8) is 0 Å². The maximum Gasteiger partial charge on any atom is 0.306 e. The highest BCUT2D eigenvalue weighted by atomic mass is 19.1. The molecule has 1 unspecified atom stereocenters. The van der Waals surface area contributed by atoms with Gasteiger partial charge >= 0.3 is 5.97 Å². The lowest BCUT2D eigenvalue weighted by molar-refractivity contribution is -0.142. The van der Waals surface area contributed by atoms with Crippen molar-refractivity contribution < 1.29 is 23.8 Å². The fourth-order valence-corrected chi connectivity index (χ4v) is 6.26. The highest BCUT2D eigenvalue weighted by Crippen LogP contribution is 2.48. The van der Waals surface area contributed by atoms with Crippen LogP contribution in [0.2, 0.25) is 0 Å². The zero-order chi connectivity index (χ0) is 28.0. The number of carboxylic acids is 1. The van der Waals surface area contributed by atoms with Gasteiger partial charge in [-0.1, -0.05) is 37.3 Å². The van der Waals surface area contributed by atoms with Crippen molar-refractivity contribution in [3.05, 3.63) is 76.7 Å². The van der Waals surface area contributed by atoms with Gasteiger partial charge in [-0.2, -0.15) is 0 Å². The number of benzene rings is 2. The Bertz CT molecular complexity index is 1420. The lowest BCUT2D eigenvalue weighted by Crippen LogP contribution is -2.22. The monoisotopic (exact) mass is 544 g/mol. The molecular formula is C33H37FN2O4. The Balaban J connectivity index is 1.31. The highest BCUT2D eigenvalue weighted by Gasteiger charge is 2.39. The Kier molecular flexibility index (Phi) is 7.26. The van der Waals surface area contributed by atoms with Gasteiger partial charge in [-0.3, -0.25) is 9.69 Å². The molecule has 0 bridgehead atoms. The van der Waals surface area contributed by atoms with Gasteiger partial charge in [0.1, 0.15) is 17.7 Å². The largest absolute Gasteiger partial charge is 0.485 e. The van der Waals surface area contributed by atoms with E-state index in [-0.39, 0.29) is 17.8 Å². The van der Waals surface area contributed by atoms with Crippen molar-refractivity contribution in [2.45, 2.75) is 70.1 Å². The van der Waals surface area contributed by atoms with Crippen molar-refractivity contribution in [2.75, 3.05) is 14.2 Å². The molecular weight excluding hydrogens is 507 g/mol. The Hall–Kier alpha value is -3.45. The van der Waals surface area contributed by atoms with E-state index in [1.54, 1.807) is 6.07 Å². The van der Waals surface area contributed by atoms with E-state index in [0.29, 0.717) is 29.9 Å². The van der Waals surface area contributed by atoms with Crippen LogP contribution in [-0.2, 0) is 17.8 Å². The molecule has 2 aromatic carbocycles. The van der Waals surface area contributed by atoms with E-state index in [0.717, 1.165) is 59.3 Å². The van der Waals surface area contributed by atoms with Crippen LogP contribution in [0.15, 0.2) is 48.7 Å². The van der Waals surface area contributed by atoms with E-state index in [2.05, 4.69) is 41.2 Å². The van der Waals surface area contributed by atoms with Crippen LogP contribution in [0.5, 0.6) is 11.6 Å². The third kappa shape index (κ3) is 5.44. The number of methoxy groups -OCH3 is 1. The summed E-state index contributed by atoms with van der Waals surface area (Å²) in [7, 11) is 3.66. The average Bonchev–Trinajstić information content (AvgIpc) is 3.87. The number of pyridine rings is 1. The molecule has 6 rings (SSSR count). The zero-order valence-electron chi connectivity index (χ0n) is 23.4. The summed E-state index contributed by atoms with van der Waals surface area (Å²) in [5.74, 6) is 0.0998. The smallest absolute Gasteiger partial charge is 0.306 e. The molecule has 210 valence electrons. The summed E-state index contributed by atoms with van der Waals surface area (Å²) in [6, 6.07) is 14.7. The number of carboxylic acid groups (broad SMARTS) is 1. The molecule has 3 aromatic rings. The molecule has 0 radical (unpaired) electrons. The second-order valence-electron chi connectivity index (χ2n) is 11.8. The van der Waals surface area contributed by atoms with Crippen LogP contribution in [0.1, 0.15) is 73.3 Å². The first-order valence-corrected chi connectivity index (χ1v) is 14.4. The van der Waals surface area contributed by atoms with Crippen LogP contribution < -0.4 is 9.47 Å². The maximum absolute atomic E-state index is 15.0. The van der Waals surface area contributed by atoms with E-state index in [9.17, 15) is 14.3 Å². The van der Waals surface area contributed by atoms with Gasteiger partial charge in [0.05, 0.1) is 19.2 Å². The summed E-state index contributed by atoms with van der Waals surface area (Å²) < 4.78 is 26.9. The average molecular weight is 545 g/mol. The lowest BCUT2D eigenvalue weighted by Gasteiger charge is -2.29. The first kappa shape index (κ1) is 26.8. The summed E-state index contributed by atoms with van der Waals surface area (Å²) >= 11 is 0. The van der Waals surface area contributed by atoms with E-state index in [1.165, 1.54) is 26.1 Å². The van der Waals surface area contributed by atoms with Crippen LogP contribution in [0.25, 0.3) is 11.1 Å². The molecule has 1 aliphatic heterocycles. The molecule has 0 saturated heterocycles. The van der Waals surface area contributed by atoms with E-state index in [1.807, 2.05) is 19.1 Å². The fraction of sp³-hybridized carbons (Fsp3) is 0.455. The Labute approximate surface area is 235 Å². The van der Waals surface area contributed by atoms with Crippen molar-refractivity contribution in [1.29, 1.82) is 0 Å². The normalized spacial score (nSPS) is 20.0. The SMILES string of the molecule is COc1cc(-c2ccc(C3CCc4ccc([C@H](C5CC5)[C@H](C)C(=O)O)cc4O3)cc2CN(C)C2CC2)c(F)cn1. The molecule has 1 aromatic heterocycles. The van der Waals surface area contributed by atoms with E-state index in [4.69, 9.17) is 9.47 Å². The Morgan fingerprint density at radius 3 is 2.62 bits per heavy atom. The number of aryl methyl sites for hydroxylation is 1. The van der Waals surface area contributed by atoms with E-state index >= 15 is 0 Å². The van der Waals surface area contributed by atoms with Gasteiger partial charge in [-0.25, -0.2) is 9.37 Å².